The quantitative estimate of drug-likeness (QED) is 0.671. The van der Waals surface area contributed by atoms with Crippen LogP contribution in [-0.2, 0) is 0 Å². The van der Waals surface area contributed by atoms with Crippen molar-refractivity contribution in [3.63, 3.8) is 0 Å². The third-order valence-electron chi connectivity index (χ3n) is 6.90. The summed E-state index contributed by atoms with van der Waals surface area (Å²) in [6.45, 7) is 6.65. The van der Waals surface area contributed by atoms with Gasteiger partial charge in [0, 0.05) is 38.3 Å². The Labute approximate surface area is 187 Å². The lowest BCUT2D eigenvalue weighted by atomic mass is 9.96. The maximum absolute atomic E-state index is 5.62. The molecular weight excluding hydrogens is 392 g/mol. The molecule has 0 unspecified atom stereocenters. The third-order valence-corrected chi connectivity index (χ3v) is 7.12. The van der Waals surface area contributed by atoms with Gasteiger partial charge in [-0.05, 0) is 56.7 Å². The molecule has 1 aromatic heterocycles. The predicted octanol–water partition coefficient (Wildman–Crippen LogP) is 4.71. The Morgan fingerprint density at radius 2 is 1.40 bits per heavy atom. The summed E-state index contributed by atoms with van der Waals surface area (Å²) >= 11 is 5.62. The smallest absolute Gasteiger partial charge is 0.232 e. The summed E-state index contributed by atoms with van der Waals surface area (Å²) in [5, 5.41) is 7.47. The number of hydrogen-bond donors (Lipinski definition) is 2. The summed E-state index contributed by atoms with van der Waals surface area (Å²) in [4.78, 5) is 14.6. The van der Waals surface area contributed by atoms with Crippen molar-refractivity contribution in [1.82, 2.24) is 15.3 Å². The number of rotatable bonds is 4. The predicted molar refractivity (Wildman–Crippen MR) is 130 cm³/mol. The zero-order valence-electron chi connectivity index (χ0n) is 18.5. The average molecular weight is 431 g/mol. The van der Waals surface area contributed by atoms with E-state index in [0.717, 1.165) is 43.7 Å². The van der Waals surface area contributed by atoms with Crippen LogP contribution < -0.4 is 20.4 Å². The highest BCUT2D eigenvalue weighted by molar-refractivity contribution is 7.80. The van der Waals surface area contributed by atoms with Gasteiger partial charge in [-0.15, -0.1) is 0 Å². The van der Waals surface area contributed by atoms with E-state index in [1.807, 2.05) is 0 Å². The molecule has 0 spiro atoms. The van der Waals surface area contributed by atoms with Gasteiger partial charge in [-0.3, -0.25) is 0 Å². The normalized spacial score (nSPS) is 21.9. The number of piperidine rings is 1. The number of aromatic nitrogens is 2. The summed E-state index contributed by atoms with van der Waals surface area (Å²) < 4.78 is 0. The molecule has 2 saturated heterocycles. The first-order chi connectivity index (χ1) is 14.7. The second-order valence-electron chi connectivity index (χ2n) is 9.41. The van der Waals surface area contributed by atoms with E-state index in [1.54, 1.807) is 0 Å². The van der Waals surface area contributed by atoms with E-state index in [0.29, 0.717) is 17.1 Å². The molecule has 1 aliphatic carbocycles. The molecule has 2 N–H and O–H groups in total. The molecule has 3 fully saturated rings. The fraction of sp³-hybridized carbons (Fsp3) is 0.783. The van der Waals surface area contributed by atoms with Crippen LogP contribution in [0.2, 0.25) is 0 Å². The van der Waals surface area contributed by atoms with E-state index in [9.17, 15) is 0 Å². The van der Waals surface area contributed by atoms with Crippen molar-refractivity contribution in [1.29, 1.82) is 0 Å². The van der Waals surface area contributed by atoms with Gasteiger partial charge in [0.2, 0.25) is 5.95 Å². The summed E-state index contributed by atoms with van der Waals surface area (Å²) in [5.41, 5.74) is 0. The van der Waals surface area contributed by atoms with Gasteiger partial charge in [0.25, 0.3) is 0 Å². The third kappa shape index (κ3) is 5.96. The van der Waals surface area contributed by atoms with Crippen LogP contribution in [0.5, 0.6) is 0 Å². The molecule has 0 aromatic carbocycles. The summed E-state index contributed by atoms with van der Waals surface area (Å²) in [6.07, 6.45) is 13.9. The zero-order valence-corrected chi connectivity index (χ0v) is 19.4. The summed E-state index contributed by atoms with van der Waals surface area (Å²) in [7, 11) is 0. The lowest BCUT2D eigenvalue weighted by Crippen LogP contribution is -2.39. The first-order valence-electron chi connectivity index (χ1n) is 12.1. The van der Waals surface area contributed by atoms with Gasteiger partial charge < -0.3 is 20.4 Å². The topological polar surface area (TPSA) is 56.3 Å². The van der Waals surface area contributed by atoms with Crippen molar-refractivity contribution >= 4 is 34.9 Å². The van der Waals surface area contributed by atoms with E-state index in [1.165, 1.54) is 70.6 Å². The molecule has 1 saturated carbocycles. The van der Waals surface area contributed by atoms with Crippen LogP contribution in [0.1, 0.15) is 77.6 Å². The van der Waals surface area contributed by atoms with E-state index in [2.05, 4.69) is 33.4 Å². The fourth-order valence-corrected chi connectivity index (χ4v) is 5.17. The zero-order chi connectivity index (χ0) is 20.8. The first-order valence-corrected chi connectivity index (χ1v) is 12.5. The number of anilines is 3. The van der Waals surface area contributed by atoms with Crippen molar-refractivity contribution in [3.8, 4) is 0 Å². The molecule has 6 nitrogen and oxygen atoms in total. The van der Waals surface area contributed by atoms with E-state index in [4.69, 9.17) is 22.2 Å². The van der Waals surface area contributed by atoms with E-state index >= 15 is 0 Å². The van der Waals surface area contributed by atoms with Crippen LogP contribution >= 0.6 is 12.2 Å². The Morgan fingerprint density at radius 1 is 0.833 bits per heavy atom. The highest BCUT2D eigenvalue weighted by Crippen LogP contribution is 2.27. The number of hydrogen-bond acceptors (Lipinski definition) is 5. The Hall–Kier alpha value is -1.63. The molecule has 166 valence electrons. The van der Waals surface area contributed by atoms with Crippen molar-refractivity contribution in [3.05, 3.63) is 6.07 Å². The number of nitrogens with one attached hydrogen (secondary N) is 2. The van der Waals surface area contributed by atoms with Crippen molar-refractivity contribution in [2.24, 2.45) is 5.92 Å². The molecule has 3 aliphatic rings. The molecule has 30 heavy (non-hydrogen) atoms. The standard InChI is InChI=1S/C23H38N6S/c1-18-11-15-29(16-12-18)21-17-20(28-13-7-2-3-8-14-28)25-22(26-21)27-23(30)24-19-9-5-4-6-10-19/h17-19H,2-16H2,1H3,(H2,24,25,26,27,30). The fourth-order valence-electron chi connectivity index (χ4n) is 4.91. The monoisotopic (exact) mass is 430 g/mol. The van der Waals surface area contributed by atoms with E-state index in [-0.39, 0.29) is 0 Å². The molecule has 0 amide bonds. The Bertz CT molecular complexity index is 689. The van der Waals surface area contributed by atoms with Crippen LogP contribution in [0.4, 0.5) is 17.6 Å². The second kappa shape index (κ2) is 10.6. The molecular formula is C23H38N6S. The van der Waals surface area contributed by atoms with Gasteiger partial charge in [0.05, 0.1) is 0 Å². The van der Waals surface area contributed by atoms with E-state index < -0.39 is 0 Å². The molecule has 0 radical (unpaired) electrons. The Kier molecular flexibility index (Phi) is 7.63. The second-order valence-corrected chi connectivity index (χ2v) is 9.82. The van der Waals surface area contributed by atoms with Gasteiger partial charge in [-0.25, -0.2) is 0 Å². The largest absolute Gasteiger partial charge is 0.360 e. The van der Waals surface area contributed by atoms with Crippen LogP contribution in [-0.4, -0.2) is 47.3 Å². The summed E-state index contributed by atoms with van der Waals surface area (Å²) in [6, 6.07) is 2.68. The van der Waals surface area contributed by atoms with Gasteiger partial charge in [0.15, 0.2) is 5.11 Å². The molecule has 0 atom stereocenters. The van der Waals surface area contributed by atoms with Crippen LogP contribution in [0.15, 0.2) is 6.07 Å². The lowest BCUT2D eigenvalue weighted by Gasteiger charge is -2.32. The van der Waals surface area contributed by atoms with Crippen LogP contribution in [0, 0.1) is 5.92 Å². The SMILES string of the molecule is CC1CCN(c2cc(N3CCCCCC3)nc(NC(=S)NC3CCCCC3)n2)CC1. The van der Waals surface area contributed by atoms with Gasteiger partial charge in [-0.2, -0.15) is 9.97 Å². The maximum atomic E-state index is 5.62. The minimum absolute atomic E-state index is 0.482. The van der Waals surface area contributed by atoms with Gasteiger partial charge >= 0.3 is 0 Å². The molecule has 1 aromatic rings. The van der Waals surface area contributed by atoms with Crippen molar-refractivity contribution in [2.75, 3.05) is 41.3 Å². The minimum Gasteiger partial charge on any atom is -0.360 e. The lowest BCUT2D eigenvalue weighted by molar-refractivity contribution is 0.414. The minimum atomic E-state index is 0.482. The summed E-state index contributed by atoms with van der Waals surface area (Å²) in [5.74, 6) is 3.53. The molecule has 0 bridgehead atoms. The molecule has 4 rings (SSSR count). The highest BCUT2D eigenvalue weighted by atomic mass is 32.1. The van der Waals surface area contributed by atoms with Crippen LogP contribution in [0.25, 0.3) is 0 Å². The van der Waals surface area contributed by atoms with Crippen molar-refractivity contribution < 1.29 is 0 Å². The Morgan fingerprint density at radius 3 is 2.03 bits per heavy atom. The number of thiocarbonyl (C=S) groups is 1. The van der Waals surface area contributed by atoms with Crippen LogP contribution in [0.3, 0.4) is 0 Å². The molecule has 7 heteroatoms. The maximum Gasteiger partial charge on any atom is 0.232 e. The Balaban J connectivity index is 1.50. The first kappa shape index (κ1) is 21.6. The number of nitrogens with zero attached hydrogens (tertiary/aromatic N) is 4. The molecule has 3 heterocycles. The molecule has 2 aliphatic heterocycles. The highest BCUT2D eigenvalue weighted by Gasteiger charge is 2.21. The average Bonchev–Trinajstić information content (AvgIpc) is 3.04. The van der Waals surface area contributed by atoms with Gasteiger partial charge in [0.1, 0.15) is 11.6 Å². The van der Waals surface area contributed by atoms with Gasteiger partial charge in [-0.1, -0.05) is 39.0 Å². The van der Waals surface area contributed by atoms with Crippen molar-refractivity contribution in [2.45, 2.75) is 83.6 Å².